The number of hydrogen-bond donors (Lipinski definition) is 0. The van der Waals surface area contributed by atoms with Crippen LogP contribution in [0.5, 0.6) is 0 Å². The highest BCUT2D eigenvalue weighted by molar-refractivity contribution is 5.21. The molecule has 0 rings (SSSR count). The van der Waals surface area contributed by atoms with E-state index in [-0.39, 0.29) is 5.41 Å². The summed E-state index contributed by atoms with van der Waals surface area (Å²) in [5.74, 6) is 0. The van der Waals surface area contributed by atoms with E-state index in [0.717, 1.165) is 5.57 Å². The summed E-state index contributed by atoms with van der Waals surface area (Å²) in [5, 5.41) is 7.44. The standard InChI is InChI=1S/C9H16N2/c1-6-8(7-11-10-5)9(2,3)4/h6-7H,1H2,2-5H3/b8-7+,11-10?. The van der Waals surface area contributed by atoms with Gasteiger partial charge in [0.25, 0.3) is 0 Å². The van der Waals surface area contributed by atoms with Gasteiger partial charge >= 0.3 is 0 Å². The van der Waals surface area contributed by atoms with Crippen molar-refractivity contribution in [2.45, 2.75) is 20.8 Å². The van der Waals surface area contributed by atoms with Crippen molar-refractivity contribution in [2.75, 3.05) is 7.05 Å². The van der Waals surface area contributed by atoms with Crippen molar-refractivity contribution >= 4 is 0 Å². The summed E-state index contributed by atoms with van der Waals surface area (Å²) in [4.78, 5) is 0. The molecule has 0 atom stereocenters. The highest BCUT2D eigenvalue weighted by Crippen LogP contribution is 2.25. The van der Waals surface area contributed by atoms with E-state index in [0.29, 0.717) is 0 Å². The number of rotatable bonds is 2. The number of nitrogens with zero attached hydrogens (tertiary/aromatic N) is 2. The second-order valence-electron chi connectivity index (χ2n) is 3.35. The van der Waals surface area contributed by atoms with Gasteiger partial charge in [0.15, 0.2) is 0 Å². The normalized spacial score (nSPS) is 14.0. The van der Waals surface area contributed by atoms with Crippen LogP contribution in [0.2, 0.25) is 0 Å². The van der Waals surface area contributed by atoms with Gasteiger partial charge in [-0.05, 0) is 11.0 Å². The number of hydrogen-bond acceptors (Lipinski definition) is 2. The highest BCUT2D eigenvalue weighted by Gasteiger charge is 2.13. The first kappa shape index (κ1) is 10.1. The first-order valence-corrected chi connectivity index (χ1v) is 3.64. The predicted octanol–water partition coefficient (Wildman–Crippen LogP) is 3.18. The molecule has 0 aromatic carbocycles. The minimum Gasteiger partial charge on any atom is -0.193 e. The zero-order valence-electron chi connectivity index (χ0n) is 7.76. The van der Waals surface area contributed by atoms with Gasteiger partial charge in [0, 0.05) is 7.05 Å². The second-order valence-corrected chi connectivity index (χ2v) is 3.35. The van der Waals surface area contributed by atoms with E-state index in [1.165, 1.54) is 0 Å². The Morgan fingerprint density at radius 1 is 1.36 bits per heavy atom. The Kier molecular flexibility index (Phi) is 3.72. The van der Waals surface area contributed by atoms with Crippen molar-refractivity contribution in [1.82, 2.24) is 0 Å². The average molecular weight is 152 g/mol. The number of allylic oxidation sites excluding steroid dienone is 2. The van der Waals surface area contributed by atoms with Crippen molar-refractivity contribution in [1.29, 1.82) is 0 Å². The van der Waals surface area contributed by atoms with Crippen LogP contribution in [0.4, 0.5) is 0 Å². The van der Waals surface area contributed by atoms with Crippen LogP contribution in [-0.4, -0.2) is 7.05 Å². The molecule has 0 aromatic rings. The molecule has 0 saturated carbocycles. The Labute approximate surface area is 68.7 Å². The monoisotopic (exact) mass is 152 g/mol. The summed E-state index contributed by atoms with van der Waals surface area (Å²) < 4.78 is 0. The first-order valence-electron chi connectivity index (χ1n) is 3.64. The summed E-state index contributed by atoms with van der Waals surface area (Å²) >= 11 is 0. The maximum Gasteiger partial charge on any atom is 0.0528 e. The smallest absolute Gasteiger partial charge is 0.0528 e. The number of azo groups is 1. The molecule has 0 saturated heterocycles. The van der Waals surface area contributed by atoms with Crippen LogP contribution in [0.25, 0.3) is 0 Å². The van der Waals surface area contributed by atoms with Gasteiger partial charge in [0.05, 0.1) is 6.20 Å². The van der Waals surface area contributed by atoms with Gasteiger partial charge in [-0.2, -0.15) is 10.2 Å². The molecule has 0 aliphatic rings. The van der Waals surface area contributed by atoms with Crippen LogP contribution in [0.3, 0.4) is 0 Å². The summed E-state index contributed by atoms with van der Waals surface area (Å²) in [5.41, 5.74) is 1.21. The summed E-state index contributed by atoms with van der Waals surface area (Å²) in [6.45, 7) is 10.1. The third kappa shape index (κ3) is 3.71. The predicted molar refractivity (Wildman–Crippen MR) is 48.5 cm³/mol. The SMILES string of the molecule is C=C/C(=C\N=NC)C(C)(C)C. The minimum absolute atomic E-state index is 0.107. The molecule has 0 bridgehead atoms. The lowest BCUT2D eigenvalue weighted by Gasteiger charge is -2.18. The van der Waals surface area contributed by atoms with Crippen molar-refractivity contribution in [3.05, 3.63) is 24.4 Å². The lowest BCUT2D eigenvalue weighted by Crippen LogP contribution is -2.06. The zero-order chi connectivity index (χ0) is 8.91. The molecular weight excluding hydrogens is 136 g/mol. The maximum absolute atomic E-state index is 3.80. The molecule has 0 aromatic heterocycles. The van der Waals surface area contributed by atoms with E-state index in [4.69, 9.17) is 0 Å². The highest BCUT2D eigenvalue weighted by atomic mass is 15.1. The van der Waals surface area contributed by atoms with Gasteiger partial charge < -0.3 is 0 Å². The van der Waals surface area contributed by atoms with Gasteiger partial charge in [-0.1, -0.05) is 33.4 Å². The van der Waals surface area contributed by atoms with Crippen LogP contribution in [0.15, 0.2) is 34.7 Å². The molecule has 0 aliphatic heterocycles. The van der Waals surface area contributed by atoms with E-state index in [9.17, 15) is 0 Å². The van der Waals surface area contributed by atoms with E-state index < -0.39 is 0 Å². The summed E-state index contributed by atoms with van der Waals surface area (Å²) in [7, 11) is 1.65. The van der Waals surface area contributed by atoms with Gasteiger partial charge in [-0.25, -0.2) is 0 Å². The van der Waals surface area contributed by atoms with E-state index in [1.54, 1.807) is 13.2 Å². The molecule has 11 heavy (non-hydrogen) atoms. The molecule has 0 fully saturated rings. The molecule has 0 N–H and O–H groups in total. The van der Waals surface area contributed by atoms with Crippen molar-refractivity contribution in [3.8, 4) is 0 Å². The fourth-order valence-corrected chi connectivity index (χ4v) is 0.672. The topological polar surface area (TPSA) is 24.7 Å². The Morgan fingerprint density at radius 2 is 1.91 bits per heavy atom. The average Bonchev–Trinajstić information content (AvgIpc) is 1.87. The summed E-state index contributed by atoms with van der Waals surface area (Å²) in [6, 6.07) is 0. The second kappa shape index (κ2) is 4.06. The molecule has 2 nitrogen and oxygen atoms in total. The quantitative estimate of drug-likeness (QED) is 0.429. The Hall–Kier alpha value is -0.920. The van der Waals surface area contributed by atoms with Gasteiger partial charge in [-0.3, -0.25) is 0 Å². The lowest BCUT2D eigenvalue weighted by molar-refractivity contribution is 0.515. The van der Waals surface area contributed by atoms with Crippen molar-refractivity contribution in [3.63, 3.8) is 0 Å². The first-order chi connectivity index (χ1) is 5.02. The zero-order valence-corrected chi connectivity index (χ0v) is 7.76. The van der Waals surface area contributed by atoms with Crippen LogP contribution in [0, 0.1) is 5.41 Å². The van der Waals surface area contributed by atoms with Gasteiger partial charge in [0.1, 0.15) is 0 Å². The molecule has 0 heterocycles. The molecule has 0 amide bonds. The summed E-state index contributed by atoms with van der Waals surface area (Å²) in [6.07, 6.45) is 3.56. The fraction of sp³-hybridized carbons (Fsp3) is 0.556. The fourth-order valence-electron chi connectivity index (χ4n) is 0.672. The largest absolute Gasteiger partial charge is 0.193 e. The molecule has 62 valence electrons. The van der Waals surface area contributed by atoms with Crippen LogP contribution < -0.4 is 0 Å². The molecular formula is C9H16N2. The Morgan fingerprint density at radius 3 is 2.18 bits per heavy atom. The third-order valence-electron chi connectivity index (χ3n) is 1.40. The molecule has 0 radical (unpaired) electrons. The third-order valence-corrected chi connectivity index (χ3v) is 1.40. The van der Waals surface area contributed by atoms with Crippen LogP contribution >= 0.6 is 0 Å². The molecule has 0 spiro atoms. The minimum atomic E-state index is 0.107. The van der Waals surface area contributed by atoms with Crippen molar-refractivity contribution < 1.29 is 0 Å². The van der Waals surface area contributed by atoms with Gasteiger partial charge in [-0.15, -0.1) is 0 Å². The molecule has 0 aliphatic carbocycles. The van der Waals surface area contributed by atoms with E-state index in [2.05, 4.69) is 37.6 Å². The van der Waals surface area contributed by atoms with Crippen LogP contribution in [-0.2, 0) is 0 Å². The maximum atomic E-state index is 3.80. The molecule has 0 unspecified atom stereocenters. The van der Waals surface area contributed by atoms with E-state index >= 15 is 0 Å². The lowest BCUT2D eigenvalue weighted by atomic mass is 9.87. The van der Waals surface area contributed by atoms with E-state index in [1.807, 2.05) is 6.08 Å². The Balaban J connectivity index is 4.53. The van der Waals surface area contributed by atoms with Gasteiger partial charge in [0.2, 0.25) is 0 Å². The Bertz CT molecular complexity index is 182. The molecule has 2 heteroatoms. The van der Waals surface area contributed by atoms with Crippen LogP contribution in [0.1, 0.15) is 20.8 Å². The van der Waals surface area contributed by atoms with Crippen molar-refractivity contribution in [2.24, 2.45) is 15.6 Å².